The minimum absolute atomic E-state index is 0.0642. The van der Waals surface area contributed by atoms with E-state index in [2.05, 4.69) is 5.21 Å². The van der Waals surface area contributed by atoms with Crippen LogP contribution >= 0.6 is 0 Å². The number of hydrogen-bond donors (Lipinski definition) is 0. The summed E-state index contributed by atoms with van der Waals surface area (Å²) >= 11 is 0. The number of benzene rings is 5. The maximum Gasteiger partial charge on any atom is 0.303 e. The molecule has 65 heavy (non-hydrogen) atoms. The van der Waals surface area contributed by atoms with Gasteiger partial charge in [0.15, 0.2) is 0 Å². The van der Waals surface area contributed by atoms with Gasteiger partial charge in [0.2, 0.25) is 0 Å². The summed E-state index contributed by atoms with van der Waals surface area (Å²) in [5.41, 5.74) is 6.15. The Bertz CT molecular complexity index is 2420. The van der Waals surface area contributed by atoms with Crippen molar-refractivity contribution >= 4 is 11.9 Å². The maximum atomic E-state index is 11.8. The van der Waals surface area contributed by atoms with Crippen molar-refractivity contribution in [1.82, 2.24) is 15.0 Å². The second kappa shape index (κ2) is 22.5. The quantitative estimate of drug-likeness (QED) is 0.0573. The molecule has 0 amide bonds. The lowest BCUT2D eigenvalue weighted by Crippen LogP contribution is -2.58. The lowest BCUT2D eigenvalue weighted by atomic mass is 9.92. The van der Waals surface area contributed by atoms with E-state index in [1.807, 2.05) is 158 Å². The van der Waals surface area contributed by atoms with E-state index in [9.17, 15) is 9.59 Å². The highest BCUT2D eigenvalue weighted by Gasteiger charge is 2.50. The van der Waals surface area contributed by atoms with Gasteiger partial charge in [-0.1, -0.05) is 145 Å². The van der Waals surface area contributed by atoms with Crippen molar-refractivity contribution < 1.29 is 47.5 Å². The lowest BCUT2D eigenvalue weighted by Gasteiger charge is -2.45. The molecule has 0 unspecified atom stereocenters. The number of esters is 2. The van der Waals surface area contributed by atoms with Gasteiger partial charge in [-0.25, -0.2) is 4.68 Å². The second-order valence-electron chi connectivity index (χ2n) is 15.9. The number of ether oxygens (including phenoxy) is 8. The molecular formula is C52H53N3O10. The molecule has 1 saturated heterocycles. The van der Waals surface area contributed by atoms with Gasteiger partial charge in [0.05, 0.1) is 44.9 Å². The molecule has 336 valence electrons. The number of hydrogen-bond acceptors (Lipinski definition) is 12. The van der Waals surface area contributed by atoms with Gasteiger partial charge in [-0.15, -0.1) is 5.10 Å². The largest absolute Gasteiger partial charge is 0.463 e. The molecule has 5 aromatic carbocycles. The van der Waals surface area contributed by atoms with Crippen molar-refractivity contribution in [3.05, 3.63) is 197 Å². The van der Waals surface area contributed by atoms with Crippen LogP contribution < -0.4 is 0 Å². The van der Waals surface area contributed by atoms with Crippen LogP contribution in [0.3, 0.4) is 0 Å². The average Bonchev–Trinajstić information content (AvgIpc) is 3.83. The van der Waals surface area contributed by atoms with Crippen molar-refractivity contribution in [1.29, 1.82) is 0 Å². The first-order chi connectivity index (χ1) is 31.9. The molecule has 2 aliphatic rings. The fourth-order valence-corrected chi connectivity index (χ4v) is 7.85. The first-order valence-corrected chi connectivity index (χ1v) is 21.8. The predicted molar refractivity (Wildman–Crippen MR) is 239 cm³/mol. The zero-order valence-corrected chi connectivity index (χ0v) is 36.4. The van der Waals surface area contributed by atoms with Crippen LogP contribution in [0.2, 0.25) is 0 Å². The molecule has 13 heteroatoms. The molecule has 13 nitrogen and oxygen atoms in total. The van der Waals surface area contributed by atoms with Crippen LogP contribution in [-0.2, 0) is 73.9 Å². The van der Waals surface area contributed by atoms with Gasteiger partial charge in [-0.2, -0.15) is 0 Å². The van der Waals surface area contributed by atoms with E-state index in [0.717, 1.165) is 33.5 Å². The van der Waals surface area contributed by atoms with Gasteiger partial charge >= 0.3 is 11.9 Å². The molecule has 8 atom stereocenters. The third-order valence-electron chi connectivity index (χ3n) is 11.1. The zero-order valence-electron chi connectivity index (χ0n) is 36.4. The van der Waals surface area contributed by atoms with Gasteiger partial charge in [0.1, 0.15) is 61.1 Å². The van der Waals surface area contributed by atoms with Crippen molar-refractivity contribution in [2.45, 2.75) is 89.1 Å². The number of aromatic nitrogens is 3. The molecule has 8 rings (SSSR count). The number of nitrogens with zero attached hydrogens (tertiary/aromatic N) is 3. The first-order valence-electron chi connectivity index (χ1n) is 21.8. The summed E-state index contributed by atoms with van der Waals surface area (Å²) < 4.78 is 52.7. The Balaban J connectivity index is 1.09. The summed E-state index contributed by atoms with van der Waals surface area (Å²) in [5.74, 6) is -0.916. The molecule has 0 N–H and O–H groups in total. The molecule has 0 radical (unpaired) electrons. The Labute approximate surface area is 378 Å². The SMILES string of the molecule is CC(=O)OC[C@H]1O[C@H](c2ccc(-n3cc([C@H]4O[C@H](COCc5ccccc5)[C@@H](OCc5ccccc5)[C@H](OCc5ccccc5)[C@@H]4OCc4ccccc4)nn3)cc2)C=C[C@@H]1OC(C)=O. The van der Waals surface area contributed by atoms with Gasteiger partial charge in [-0.3, -0.25) is 9.59 Å². The standard InChI is InChI=1S/C52H53N3O10/c1-36(56)59-35-47-46(63-37(2)57)28-27-45(64-47)42-23-25-43(26-24-42)55-29-44(53-54-55)49-51(61-32-40-19-11-5-12-20-40)52(62-33-41-21-13-6-14-22-41)50(60-31-39-17-9-4-10-18-39)48(65-49)34-58-30-38-15-7-3-8-16-38/h3-29,45-52H,30-35H2,1-2H3/t45-,46-,47+,48+,49+,50+,51+,52-/m0/s1. The molecule has 3 heterocycles. The molecule has 1 fully saturated rings. The van der Waals surface area contributed by atoms with Crippen LogP contribution in [0.1, 0.15) is 59.6 Å². The van der Waals surface area contributed by atoms with Gasteiger partial charge < -0.3 is 37.9 Å². The van der Waals surface area contributed by atoms with Crippen molar-refractivity contribution in [2.24, 2.45) is 0 Å². The Morgan fingerprint density at radius 1 is 0.569 bits per heavy atom. The predicted octanol–water partition coefficient (Wildman–Crippen LogP) is 8.17. The fraction of sp³-hybridized carbons (Fsp3) is 0.308. The Morgan fingerprint density at radius 2 is 1.11 bits per heavy atom. The Morgan fingerprint density at radius 3 is 1.66 bits per heavy atom. The van der Waals surface area contributed by atoms with Crippen molar-refractivity contribution in [3.8, 4) is 5.69 Å². The van der Waals surface area contributed by atoms with Gasteiger partial charge in [-0.05, 0) is 46.0 Å². The van der Waals surface area contributed by atoms with Crippen LogP contribution in [0.15, 0.2) is 164 Å². The van der Waals surface area contributed by atoms with Crippen LogP contribution in [0.5, 0.6) is 0 Å². The van der Waals surface area contributed by atoms with E-state index >= 15 is 0 Å². The number of carbonyl (C=O) groups excluding carboxylic acids is 2. The highest BCUT2D eigenvalue weighted by Crippen LogP contribution is 2.38. The van der Waals surface area contributed by atoms with E-state index < -0.39 is 60.8 Å². The van der Waals surface area contributed by atoms with Gasteiger partial charge in [0, 0.05) is 13.8 Å². The van der Waals surface area contributed by atoms with E-state index in [0.29, 0.717) is 25.5 Å². The molecule has 1 aromatic heterocycles. The molecule has 0 saturated carbocycles. The van der Waals surface area contributed by atoms with Crippen LogP contribution in [0, 0.1) is 0 Å². The third-order valence-corrected chi connectivity index (χ3v) is 11.1. The zero-order chi connectivity index (χ0) is 44.8. The summed E-state index contributed by atoms with van der Waals surface area (Å²) in [7, 11) is 0. The first kappa shape index (κ1) is 45.3. The smallest absolute Gasteiger partial charge is 0.303 e. The summed E-state index contributed by atoms with van der Waals surface area (Å²) in [4.78, 5) is 23.4. The average molecular weight is 880 g/mol. The second-order valence-corrected chi connectivity index (χ2v) is 15.9. The fourth-order valence-electron chi connectivity index (χ4n) is 7.85. The molecular weight excluding hydrogens is 827 g/mol. The van der Waals surface area contributed by atoms with E-state index in [-0.39, 0.29) is 19.8 Å². The highest BCUT2D eigenvalue weighted by molar-refractivity contribution is 5.67. The summed E-state index contributed by atoms with van der Waals surface area (Å²) in [6.07, 6.45) is 0.303. The Kier molecular flexibility index (Phi) is 15.7. The molecule has 0 aliphatic carbocycles. The van der Waals surface area contributed by atoms with E-state index in [1.54, 1.807) is 10.8 Å². The number of carbonyl (C=O) groups is 2. The minimum atomic E-state index is -0.741. The monoisotopic (exact) mass is 879 g/mol. The molecule has 0 bridgehead atoms. The molecule has 0 spiro atoms. The lowest BCUT2D eigenvalue weighted by molar-refractivity contribution is -0.275. The summed E-state index contributed by atoms with van der Waals surface area (Å²) in [6.45, 7) is 4.08. The Hall–Kier alpha value is -6.32. The third kappa shape index (κ3) is 12.5. The van der Waals surface area contributed by atoms with Crippen LogP contribution in [0.25, 0.3) is 5.69 Å². The van der Waals surface area contributed by atoms with Crippen molar-refractivity contribution in [3.63, 3.8) is 0 Å². The normalized spacial score (nSPS) is 22.9. The van der Waals surface area contributed by atoms with Gasteiger partial charge in [0.25, 0.3) is 0 Å². The highest BCUT2D eigenvalue weighted by atomic mass is 16.6. The topological polar surface area (TPSA) is 139 Å². The van der Waals surface area contributed by atoms with Crippen molar-refractivity contribution in [2.75, 3.05) is 13.2 Å². The van der Waals surface area contributed by atoms with Crippen LogP contribution in [-0.4, -0.2) is 76.8 Å². The van der Waals surface area contributed by atoms with Crippen LogP contribution in [0.4, 0.5) is 0 Å². The van der Waals surface area contributed by atoms with E-state index in [4.69, 9.17) is 43.0 Å². The minimum Gasteiger partial charge on any atom is -0.463 e. The number of rotatable bonds is 19. The van der Waals surface area contributed by atoms with E-state index in [1.165, 1.54) is 13.8 Å². The maximum absolute atomic E-state index is 11.8. The molecule has 6 aromatic rings. The summed E-state index contributed by atoms with van der Waals surface area (Å²) in [6, 6.07) is 47.7. The summed E-state index contributed by atoms with van der Waals surface area (Å²) in [5, 5.41) is 9.27. The molecule has 2 aliphatic heterocycles.